The molecule has 0 saturated carbocycles. The van der Waals surface area contributed by atoms with Gasteiger partial charge in [-0.1, -0.05) is 343 Å². The van der Waals surface area contributed by atoms with E-state index in [1.807, 2.05) is 0 Å². The van der Waals surface area contributed by atoms with E-state index in [0.717, 1.165) is 116 Å². The van der Waals surface area contributed by atoms with Gasteiger partial charge in [-0.25, -0.2) is 0 Å². The molecule has 0 fully saturated rings. The molecular weight excluding hydrogens is 1160 g/mol. The van der Waals surface area contributed by atoms with Crippen LogP contribution in [-0.2, 0) is 24.0 Å². The van der Waals surface area contributed by atoms with E-state index in [0.29, 0.717) is 94.9 Å². The van der Waals surface area contributed by atoms with Gasteiger partial charge in [-0.2, -0.15) is 0 Å². The lowest BCUT2D eigenvalue weighted by molar-refractivity contribution is -0.122. The molecular formula is C84H165N5O5. The number of hydrogen-bond donors (Lipinski definition) is 2. The normalized spacial score (nSPS) is 11.7. The predicted octanol–water partition coefficient (Wildman–Crippen LogP) is 23.5. The smallest absolute Gasteiger partial charge is 0.221 e. The molecule has 0 unspecified atom stereocenters. The predicted molar refractivity (Wildman–Crippen MR) is 410 cm³/mol. The van der Waals surface area contributed by atoms with Crippen LogP contribution in [0.3, 0.4) is 0 Å². The molecule has 556 valence electrons. The topological polar surface area (TPSA) is 119 Å². The lowest BCUT2D eigenvalue weighted by Crippen LogP contribution is -2.38. The van der Waals surface area contributed by atoms with Crippen molar-refractivity contribution < 1.29 is 24.0 Å². The van der Waals surface area contributed by atoms with Crippen LogP contribution in [0, 0.1) is 0 Å². The van der Waals surface area contributed by atoms with E-state index in [9.17, 15) is 24.0 Å². The molecule has 0 radical (unpaired) electrons. The summed E-state index contributed by atoms with van der Waals surface area (Å²) in [5, 5.41) is 6.42. The molecule has 10 nitrogen and oxygen atoms in total. The Labute approximate surface area is 586 Å². The Hall–Kier alpha value is -2.17. The molecule has 2 amide bonds. The number of rotatable bonds is 81. The number of nitrogens with one attached hydrogen (secondary N) is 2. The Balaban J connectivity index is 5.82. The number of ketones is 3. The number of Topliss-reactive ketones (excluding diaryl/α,β-unsaturated/α-hetero) is 3. The molecule has 0 heterocycles. The number of unbranched alkanes of at least 4 members (excludes halogenated alkanes) is 49. The monoisotopic (exact) mass is 1320 g/mol. The quantitative estimate of drug-likeness (QED) is 0.0578. The SMILES string of the molecule is CCCCCCCCCCCCCC(=O)CCN(CCCCCN(CCC(=O)NCCCCCCCCCCCC)CCC(=O)NCCCCCCCCCCCC)CCN(CCC(=O)CCCCCCCCCCCC)CCC(=O)CCCCCCCCCCCCC. The van der Waals surface area contributed by atoms with Crippen LogP contribution in [0.4, 0.5) is 0 Å². The molecule has 0 aliphatic heterocycles. The van der Waals surface area contributed by atoms with Gasteiger partial charge in [0.25, 0.3) is 0 Å². The lowest BCUT2D eigenvalue weighted by atomic mass is 10.0. The molecule has 0 spiro atoms. The van der Waals surface area contributed by atoms with Crippen LogP contribution in [0.1, 0.15) is 439 Å². The van der Waals surface area contributed by atoms with Crippen molar-refractivity contribution in [3.8, 4) is 0 Å². The van der Waals surface area contributed by atoms with E-state index in [-0.39, 0.29) is 11.8 Å². The summed E-state index contributed by atoms with van der Waals surface area (Å²) in [6.07, 6.45) is 73.9. The molecule has 2 N–H and O–H groups in total. The van der Waals surface area contributed by atoms with E-state index >= 15 is 0 Å². The van der Waals surface area contributed by atoms with Crippen LogP contribution in [0.25, 0.3) is 0 Å². The molecule has 0 atom stereocenters. The second kappa shape index (κ2) is 76.6. The summed E-state index contributed by atoms with van der Waals surface area (Å²) in [6.45, 7) is 19.7. The van der Waals surface area contributed by atoms with Crippen LogP contribution in [-0.4, -0.2) is 116 Å². The highest BCUT2D eigenvalue weighted by Crippen LogP contribution is 2.18. The molecule has 10 heteroatoms. The first-order chi connectivity index (χ1) is 46.2. The van der Waals surface area contributed by atoms with Crippen LogP contribution >= 0.6 is 0 Å². The first-order valence-corrected chi connectivity index (χ1v) is 42.4. The Morgan fingerprint density at radius 1 is 0.181 bits per heavy atom. The highest BCUT2D eigenvalue weighted by atomic mass is 16.2. The van der Waals surface area contributed by atoms with Crippen molar-refractivity contribution in [1.82, 2.24) is 25.3 Å². The van der Waals surface area contributed by atoms with Crippen LogP contribution in [0.5, 0.6) is 0 Å². The first-order valence-electron chi connectivity index (χ1n) is 42.4. The van der Waals surface area contributed by atoms with E-state index in [1.165, 1.54) is 283 Å². The molecule has 0 aromatic heterocycles. The minimum absolute atomic E-state index is 0.112. The third-order valence-corrected chi connectivity index (χ3v) is 20.2. The van der Waals surface area contributed by atoms with E-state index in [2.05, 4.69) is 60.0 Å². The Bertz CT molecular complexity index is 1570. The van der Waals surface area contributed by atoms with Crippen molar-refractivity contribution >= 4 is 29.2 Å². The number of amides is 2. The molecule has 0 aliphatic carbocycles. The Kier molecular flexibility index (Phi) is 74.8. The second-order valence-electron chi connectivity index (χ2n) is 29.5. The summed E-state index contributed by atoms with van der Waals surface area (Å²) < 4.78 is 0. The number of nitrogens with zero attached hydrogens (tertiary/aromatic N) is 3. The van der Waals surface area contributed by atoms with Crippen molar-refractivity contribution in [1.29, 1.82) is 0 Å². The van der Waals surface area contributed by atoms with Crippen molar-refractivity contribution in [2.75, 3.05) is 72.0 Å². The maximum atomic E-state index is 13.5. The van der Waals surface area contributed by atoms with Gasteiger partial charge in [0.05, 0.1) is 0 Å². The average molecular weight is 1330 g/mol. The molecule has 0 aliphatic rings. The van der Waals surface area contributed by atoms with Gasteiger partial charge in [0.15, 0.2) is 0 Å². The minimum Gasteiger partial charge on any atom is -0.356 e. The van der Waals surface area contributed by atoms with Crippen LogP contribution in [0.15, 0.2) is 0 Å². The zero-order valence-electron chi connectivity index (χ0n) is 64.2. The van der Waals surface area contributed by atoms with E-state index in [1.54, 1.807) is 0 Å². The fourth-order valence-corrected chi connectivity index (χ4v) is 13.5. The Morgan fingerprint density at radius 3 is 0.606 bits per heavy atom. The van der Waals surface area contributed by atoms with Crippen molar-refractivity contribution in [2.24, 2.45) is 0 Å². The number of carbonyl (C=O) groups is 5. The van der Waals surface area contributed by atoms with E-state index in [4.69, 9.17) is 0 Å². The standard InChI is InChI=1S/C84H165N5O5/c1-6-11-16-21-26-31-36-39-44-49-54-61-80(90)64-73-88(78-79-89(74-65-81(91)62-55-48-43-38-33-28-23-18-13-8-3)75-66-82(92)63-56-50-45-40-37-32-27-22-17-12-7-2)72-60-53-59-71-87(76-67-83(93)85-69-57-51-46-41-34-29-24-19-14-9-4)77-68-84(94)86-70-58-52-47-42-35-30-25-20-15-10-5/h6-79H2,1-5H3,(H,85,93)(H,86,94). The van der Waals surface area contributed by atoms with Crippen molar-refractivity contribution in [3.05, 3.63) is 0 Å². The van der Waals surface area contributed by atoms with Gasteiger partial charge in [0.1, 0.15) is 17.3 Å². The van der Waals surface area contributed by atoms with Crippen molar-refractivity contribution in [2.45, 2.75) is 439 Å². The maximum Gasteiger partial charge on any atom is 0.221 e. The summed E-state index contributed by atoms with van der Waals surface area (Å²) in [7, 11) is 0. The summed E-state index contributed by atoms with van der Waals surface area (Å²) in [5.41, 5.74) is 0. The zero-order chi connectivity index (χ0) is 68.4. The average Bonchev–Trinajstić information content (AvgIpc) is 3.48. The van der Waals surface area contributed by atoms with Gasteiger partial charge in [0.2, 0.25) is 11.8 Å². The van der Waals surface area contributed by atoms with Crippen LogP contribution in [0.2, 0.25) is 0 Å². The van der Waals surface area contributed by atoms with Gasteiger partial charge in [0, 0.05) is 110 Å². The van der Waals surface area contributed by atoms with E-state index < -0.39 is 0 Å². The summed E-state index contributed by atoms with van der Waals surface area (Å²) >= 11 is 0. The summed E-state index contributed by atoms with van der Waals surface area (Å²) in [4.78, 5) is 74.0. The molecule has 0 aromatic carbocycles. The molecule has 0 saturated heterocycles. The third-order valence-electron chi connectivity index (χ3n) is 20.2. The van der Waals surface area contributed by atoms with Gasteiger partial charge >= 0.3 is 0 Å². The summed E-state index contributed by atoms with van der Waals surface area (Å²) in [6, 6.07) is 0. The third kappa shape index (κ3) is 71.1. The summed E-state index contributed by atoms with van der Waals surface area (Å²) in [5.74, 6) is 1.30. The van der Waals surface area contributed by atoms with Gasteiger partial charge in [-0.05, 0) is 58.0 Å². The zero-order valence-corrected chi connectivity index (χ0v) is 64.2. The first kappa shape index (κ1) is 91.8. The largest absolute Gasteiger partial charge is 0.356 e. The molecule has 0 rings (SSSR count). The number of carbonyl (C=O) groups excluding carboxylic acids is 5. The fraction of sp³-hybridized carbons (Fsp3) is 0.940. The minimum atomic E-state index is 0.112. The lowest BCUT2D eigenvalue weighted by Gasteiger charge is -2.28. The van der Waals surface area contributed by atoms with Gasteiger partial charge in [-0.3, -0.25) is 24.0 Å². The van der Waals surface area contributed by atoms with Gasteiger partial charge in [-0.15, -0.1) is 0 Å². The molecule has 0 aromatic rings. The van der Waals surface area contributed by atoms with Crippen molar-refractivity contribution in [3.63, 3.8) is 0 Å². The molecule has 94 heavy (non-hydrogen) atoms. The molecule has 0 bridgehead atoms. The maximum absolute atomic E-state index is 13.5. The number of hydrogen-bond acceptors (Lipinski definition) is 8. The Morgan fingerprint density at radius 2 is 0.362 bits per heavy atom. The highest BCUT2D eigenvalue weighted by molar-refractivity contribution is 5.79. The highest BCUT2D eigenvalue weighted by Gasteiger charge is 2.17. The van der Waals surface area contributed by atoms with Gasteiger partial charge < -0.3 is 25.3 Å². The second-order valence-corrected chi connectivity index (χ2v) is 29.5. The van der Waals surface area contributed by atoms with Crippen LogP contribution < -0.4 is 10.6 Å². The fourth-order valence-electron chi connectivity index (χ4n) is 13.5.